The number of aryl methyl sites for hydroxylation is 1. The third kappa shape index (κ3) is 4.85. The molecule has 0 aromatic heterocycles. The van der Waals surface area contributed by atoms with E-state index in [1.807, 2.05) is 49.4 Å². The molecule has 1 fully saturated rings. The third-order valence-electron chi connectivity index (χ3n) is 4.72. The molecule has 0 saturated carbocycles. The molecule has 0 spiro atoms. The zero-order valence-electron chi connectivity index (χ0n) is 14.9. The molecule has 1 atom stereocenters. The van der Waals surface area contributed by atoms with Gasteiger partial charge in [-0.15, -0.1) is 0 Å². The number of amides is 2. The molecule has 1 unspecified atom stereocenters. The number of carbonyl (C=O) groups excluding carboxylic acids is 2. The number of benzene rings is 2. The fourth-order valence-electron chi connectivity index (χ4n) is 3.23. The van der Waals surface area contributed by atoms with Crippen LogP contribution >= 0.6 is 11.6 Å². The highest BCUT2D eigenvalue weighted by Crippen LogP contribution is 2.19. The van der Waals surface area contributed by atoms with E-state index in [0.29, 0.717) is 31.1 Å². The van der Waals surface area contributed by atoms with Crippen molar-refractivity contribution in [2.24, 2.45) is 5.92 Å². The van der Waals surface area contributed by atoms with Gasteiger partial charge in [-0.1, -0.05) is 53.6 Å². The molecule has 1 N–H and O–H groups in total. The van der Waals surface area contributed by atoms with E-state index < -0.39 is 0 Å². The minimum absolute atomic E-state index is 0.0474. The van der Waals surface area contributed by atoms with Gasteiger partial charge in [0.2, 0.25) is 11.8 Å². The minimum Gasteiger partial charge on any atom is -0.352 e. The first kappa shape index (κ1) is 18.5. The number of likely N-dealkylation sites (tertiary alicyclic amines) is 1. The quantitative estimate of drug-likeness (QED) is 0.847. The van der Waals surface area contributed by atoms with Crippen LogP contribution in [0.5, 0.6) is 0 Å². The van der Waals surface area contributed by atoms with Crippen LogP contribution < -0.4 is 5.32 Å². The molecular weight excluding hydrogens is 348 g/mol. The van der Waals surface area contributed by atoms with Gasteiger partial charge in [0.15, 0.2) is 0 Å². The molecule has 4 nitrogen and oxygen atoms in total. The summed E-state index contributed by atoms with van der Waals surface area (Å²) in [6.45, 7) is 3.64. The molecule has 1 heterocycles. The van der Waals surface area contributed by atoms with Gasteiger partial charge >= 0.3 is 0 Å². The van der Waals surface area contributed by atoms with Crippen LogP contribution in [0, 0.1) is 12.8 Å². The maximum Gasteiger partial charge on any atom is 0.225 e. The molecule has 0 bridgehead atoms. The molecule has 1 aliphatic heterocycles. The number of carbonyl (C=O) groups is 2. The first-order chi connectivity index (χ1) is 12.5. The van der Waals surface area contributed by atoms with Crippen molar-refractivity contribution in [1.29, 1.82) is 0 Å². The van der Waals surface area contributed by atoms with E-state index >= 15 is 0 Å². The Balaban J connectivity index is 1.48. The van der Waals surface area contributed by atoms with Crippen LogP contribution in [0.1, 0.15) is 23.1 Å². The number of hydrogen-bond acceptors (Lipinski definition) is 2. The number of nitrogens with one attached hydrogen (secondary N) is 1. The van der Waals surface area contributed by atoms with Crippen molar-refractivity contribution < 1.29 is 9.59 Å². The number of nitrogens with zero attached hydrogens (tertiary/aromatic N) is 1. The highest BCUT2D eigenvalue weighted by molar-refractivity contribution is 6.30. The summed E-state index contributed by atoms with van der Waals surface area (Å²) >= 11 is 5.89. The summed E-state index contributed by atoms with van der Waals surface area (Å²) in [7, 11) is 0. The first-order valence-corrected chi connectivity index (χ1v) is 9.24. The normalized spacial score (nSPS) is 16.8. The van der Waals surface area contributed by atoms with E-state index in [1.54, 1.807) is 4.90 Å². The van der Waals surface area contributed by atoms with Gasteiger partial charge < -0.3 is 10.2 Å². The van der Waals surface area contributed by atoms with Crippen LogP contribution in [0.2, 0.25) is 5.02 Å². The molecule has 2 amide bonds. The van der Waals surface area contributed by atoms with Gasteiger partial charge in [-0.05, 0) is 36.6 Å². The molecule has 1 aliphatic rings. The summed E-state index contributed by atoms with van der Waals surface area (Å²) in [5.41, 5.74) is 3.37. The lowest BCUT2D eigenvalue weighted by molar-refractivity contribution is -0.129. The van der Waals surface area contributed by atoms with Crippen molar-refractivity contribution in [3.8, 4) is 0 Å². The Morgan fingerprint density at radius 2 is 1.96 bits per heavy atom. The fraction of sp³-hybridized carbons (Fsp3) is 0.333. The molecule has 0 radical (unpaired) electrons. The zero-order valence-corrected chi connectivity index (χ0v) is 15.6. The largest absolute Gasteiger partial charge is 0.352 e. The van der Waals surface area contributed by atoms with Gasteiger partial charge in [-0.2, -0.15) is 0 Å². The van der Waals surface area contributed by atoms with Crippen molar-refractivity contribution in [2.75, 3.05) is 13.1 Å². The SMILES string of the molecule is Cc1cccc(CNC(=O)C2CC(=O)N(CCc3ccc(Cl)cc3)C2)c1. The van der Waals surface area contributed by atoms with Crippen LogP contribution in [0.4, 0.5) is 0 Å². The molecule has 2 aromatic rings. The summed E-state index contributed by atoms with van der Waals surface area (Å²) in [6.07, 6.45) is 1.06. The van der Waals surface area contributed by atoms with Gasteiger partial charge in [0.25, 0.3) is 0 Å². The van der Waals surface area contributed by atoms with E-state index in [-0.39, 0.29) is 17.7 Å². The Morgan fingerprint density at radius 3 is 2.69 bits per heavy atom. The van der Waals surface area contributed by atoms with Gasteiger partial charge in [0.05, 0.1) is 5.92 Å². The lowest BCUT2D eigenvalue weighted by atomic mass is 10.1. The van der Waals surface area contributed by atoms with E-state index in [0.717, 1.165) is 17.5 Å². The van der Waals surface area contributed by atoms with Crippen LogP contribution in [-0.4, -0.2) is 29.8 Å². The zero-order chi connectivity index (χ0) is 18.5. The number of rotatable bonds is 6. The second-order valence-corrected chi connectivity index (χ2v) is 7.26. The lowest BCUT2D eigenvalue weighted by Crippen LogP contribution is -2.33. The summed E-state index contributed by atoms with van der Waals surface area (Å²) < 4.78 is 0. The molecule has 3 rings (SSSR count). The summed E-state index contributed by atoms with van der Waals surface area (Å²) in [5.74, 6) is -0.263. The van der Waals surface area contributed by atoms with E-state index in [4.69, 9.17) is 11.6 Å². The number of halogens is 1. The van der Waals surface area contributed by atoms with Crippen molar-refractivity contribution in [3.63, 3.8) is 0 Å². The standard InChI is InChI=1S/C21H23ClN2O2/c1-15-3-2-4-17(11-15)13-23-21(26)18-12-20(25)24(14-18)10-9-16-5-7-19(22)8-6-16/h2-8,11,18H,9-10,12-14H2,1H3,(H,23,26). The summed E-state index contributed by atoms with van der Waals surface area (Å²) in [5, 5.41) is 3.66. The Labute approximate surface area is 159 Å². The van der Waals surface area contributed by atoms with Crippen molar-refractivity contribution >= 4 is 23.4 Å². The Bertz CT molecular complexity index is 789. The average molecular weight is 371 g/mol. The maximum absolute atomic E-state index is 12.4. The summed E-state index contributed by atoms with van der Waals surface area (Å²) in [4.78, 5) is 26.4. The minimum atomic E-state index is -0.266. The second kappa shape index (κ2) is 8.37. The van der Waals surface area contributed by atoms with Gasteiger partial charge in [-0.25, -0.2) is 0 Å². The van der Waals surface area contributed by atoms with E-state index in [2.05, 4.69) is 11.4 Å². The predicted molar refractivity (Wildman–Crippen MR) is 103 cm³/mol. The van der Waals surface area contributed by atoms with Crippen LogP contribution in [0.25, 0.3) is 0 Å². The fourth-order valence-corrected chi connectivity index (χ4v) is 3.36. The van der Waals surface area contributed by atoms with Crippen LogP contribution in [-0.2, 0) is 22.6 Å². The molecule has 0 aliphatic carbocycles. The Morgan fingerprint density at radius 1 is 1.19 bits per heavy atom. The maximum atomic E-state index is 12.4. The van der Waals surface area contributed by atoms with Crippen LogP contribution in [0.15, 0.2) is 48.5 Å². The number of hydrogen-bond donors (Lipinski definition) is 1. The molecule has 1 saturated heterocycles. The molecule has 26 heavy (non-hydrogen) atoms. The van der Waals surface area contributed by atoms with Crippen molar-refractivity contribution in [2.45, 2.75) is 26.3 Å². The van der Waals surface area contributed by atoms with Crippen LogP contribution in [0.3, 0.4) is 0 Å². The van der Waals surface area contributed by atoms with Gasteiger partial charge in [-0.3, -0.25) is 9.59 Å². The molecule has 5 heteroatoms. The monoisotopic (exact) mass is 370 g/mol. The highest BCUT2D eigenvalue weighted by atomic mass is 35.5. The second-order valence-electron chi connectivity index (χ2n) is 6.82. The highest BCUT2D eigenvalue weighted by Gasteiger charge is 2.33. The topological polar surface area (TPSA) is 49.4 Å². The van der Waals surface area contributed by atoms with Gasteiger partial charge in [0.1, 0.15) is 0 Å². The molecule has 136 valence electrons. The Kier molecular flexibility index (Phi) is 5.94. The Hall–Kier alpha value is -2.33. The average Bonchev–Trinajstić information content (AvgIpc) is 3.00. The van der Waals surface area contributed by atoms with E-state index in [9.17, 15) is 9.59 Å². The molecule has 2 aromatic carbocycles. The third-order valence-corrected chi connectivity index (χ3v) is 4.97. The van der Waals surface area contributed by atoms with Gasteiger partial charge in [0, 0.05) is 31.1 Å². The molecular formula is C21H23ClN2O2. The van der Waals surface area contributed by atoms with Crippen molar-refractivity contribution in [1.82, 2.24) is 10.2 Å². The lowest BCUT2D eigenvalue weighted by Gasteiger charge is -2.16. The van der Waals surface area contributed by atoms with E-state index in [1.165, 1.54) is 5.56 Å². The smallest absolute Gasteiger partial charge is 0.225 e. The van der Waals surface area contributed by atoms with Crippen molar-refractivity contribution in [3.05, 3.63) is 70.2 Å². The summed E-state index contributed by atoms with van der Waals surface area (Å²) in [6, 6.07) is 15.7. The first-order valence-electron chi connectivity index (χ1n) is 8.87. The predicted octanol–water partition coefficient (Wildman–Crippen LogP) is 3.36.